The van der Waals surface area contributed by atoms with Crippen LogP contribution in [0.3, 0.4) is 0 Å². The molecule has 0 saturated carbocycles. The molecule has 1 saturated heterocycles. The van der Waals surface area contributed by atoms with E-state index in [2.05, 4.69) is 5.32 Å². The van der Waals surface area contributed by atoms with E-state index >= 15 is 0 Å². The van der Waals surface area contributed by atoms with Crippen LogP contribution in [0.15, 0.2) is 0 Å². The van der Waals surface area contributed by atoms with Crippen LogP contribution in [0.2, 0.25) is 0 Å². The summed E-state index contributed by atoms with van der Waals surface area (Å²) in [4.78, 5) is 25.8. The Morgan fingerprint density at radius 1 is 1.40 bits per heavy atom. The summed E-state index contributed by atoms with van der Waals surface area (Å²) in [6, 6.07) is -0.346. The van der Waals surface area contributed by atoms with Gasteiger partial charge in [0.1, 0.15) is 0 Å². The molecule has 20 heavy (non-hydrogen) atoms. The Bertz CT molecular complexity index is 333. The minimum Gasteiger partial charge on any atom is -0.352 e. The third-order valence-corrected chi connectivity index (χ3v) is 4.12. The van der Waals surface area contributed by atoms with Crippen LogP contribution in [0.5, 0.6) is 0 Å². The first-order chi connectivity index (χ1) is 9.49. The summed E-state index contributed by atoms with van der Waals surface area (Å²) in [7, 11) is 0. The zero-order chi connectivity index (χ0) is 15.1. The zero-order valence-corrected chi connectivity index (χ0v) is 13.0. The summed E-state index contributed by atoms with van der Waals surface area (Å²) < 4.78 is 0. The van der Waals surface area contributed by atoms with Crippen molar-refractivity contribution in [1.29, 1.82) is 0 Å². The van der Waals surface area contributed by atoms with E-state index in [1.165, 1.54) is 0 Å². The van der Waals surface area contributed by atoms with Gasteiger partial charge in [-0.3, -0.25) is 9.59 Å². The number of rotatable bonds is 6. The molecule has 1 heterocycles. The molecule has 3 unspecified atom stereocenters. The number of carbonyl (C=O) groups excluding carboxylic acids is 2. The molecule has 1 rings (SSSR count). The predicted molar refractivity (Wildman–Crippen MR) is 80.1 cm³/mol. The largest absolute Gasteiger partial charge is 0.352 e. The van der Waals surface area contributed by atoms with Crippen LogP contribution in [-0.2, 0) is 9.59 Å². The van der Waals surface area contributed by atoms with E-state index in [1.54, 1.807) is 0 Å². The van der Waals surface area contributed by atoms with Gasteiger partial charge in [0.25, 0.3) is 0 Å². The highest BCUT2D eigenvalue weighted by molar-refractivity contribution is 5.82. The van der Waals surface area contributed by atoms with Gasteiger partial charge in [0, 0.05) is 25.6 Å². The lowest BCUT2D eigenvalue weighted by molar-refractivity contribution is -0.136. The van der Waals surface area contributed by atoms with Gasteiger partial charge in [-0.1, -0.05) is 27.2 Å². The average molecular weight is 283 g/mol. The Hall–Kier alpha value is -1.10. The maximum atomic E-state index is 12.3. The van der Waals surface area contributed by atoms with Gasteiger partial charge in [-0.25, -0.2) is 0 Å². The number of nitrogens with two attached hydrogens (primary N) is 1. The number of amides is 2. The molecule has 5 heteroatoms. The number of carbonyl (C=O) groups is 2. The first-order valence-electron chi connectivity index (χ1n) is 7.83. The van der Waals surface area contributed by atoms with Crippen molar-refractivity contribution in [2.24, 2.45) is 11.7 Å². The Kier molecular flexibility index (Phi) is 6.99. The topological polar surface area (TPSA) is 75.4 Å². The molecule has 0 aromatic heterocycles. The Morgan fingerprint density at radius 3 is 2.70 bits per heavy atom. The van der Waals surface area contributed by atoms with Crippen molar-refractivity contribution in [3.8, 4) is 0 Å². The maximum Gasteiger partial charge on any atom is 0.239 e. The predicted octanol–water partition coefficient (Wildman–Crippen LogP) is 1.27. The number of hydrogen-bond donors (Lipinski definition) is 2. The second-order valence-electron chi connectivity index (χ2n) is 5.85. The lowest BCUT2D eigenvalue weighted by Gasteiger charge is -2.35. The minimum atomic E-state index is -0.426. The highest BCUT2D eigenvalue weighted by Crippen LogP contribution is 2.15. The Morgan fingerprint density at radius 2 is 2.10 bits per heavy atom. The standard InChI is InChI=1S/C15H29N3O2/c1-4-7-13(19)17-12-8-6-9-18(10-12)15(20)14(16)11(3)5-2/h11-12,14H,4-10,16H2,1-3H3,(H,17,19). The maximum absolute atomic E-state index is 12.3. The van der Waals surface area contributed by atoms with Gasteiger partial charge in [-0.15, -0.1) is 0 Å². The van der Waals surface area contributed by atoms with Gasteiger partial charge in [-0.05, 0) is 25.2 Å². The van der Waals surface area contributed by atoms with Gasteiger partial charge in [0.15, 0.2) is 0 Å². The fourth-order valence-electron chi connectivity index (χ4n) is 2.53. The molecule has 0 radical (unpaired) electrons. The van der Waals surface area contributed by atoms with Crippen molar-refractivity contribution in [1.82, 2.24) is 10.2 Å². The summed E-state index contributed by atoms with van der Waals surface area (Å²) in [5.74, 6) is 0.296. The van der Waals surface area contributed by atoms with Gasteiger partial charge in [-0.2, -0.15) is 0 Å². The third kappa shape index (κ3) is 4.78. The molecule has 0 aromatic carbocycles. The normalized spacial score (nSPS) is 22.2. The van der Waals surface area contributed by atoms with Crippen LogP contribution in [0.4, 0.5) is 0 Å². The SMILES string of the molecule is CCCC(=O)NC1CCCN(C(=O)C(N)C(C)CC)C1. The highest BCUT2D eigenvalue weighted by atomic mass is 16.2. The van der Waals surface area contributed by atoms with E-state index in [0.29, 0.717) is 13.0 Å². The molecule has 1 fully saturated rings. The monoisotopic (exact) mass is 283 g/mol. The van der Waals surface area contributed by atoms with Crippen LogP contribution in [0, 0.1) is 5.92 Å². The number of hydrogen-bond acceptors (Lipinski definition) is 3. The molecule has 3 N–H and O–H groups in total. The summed E-state index contributed by atoms with van der Waals surface area (Å²) in [5.41, 5.74) is 6.02. The molecule has 2 amide bonds. The molecule has 0 aromatic rings. The zero-order valence-electron chi connectivity index (χ0n) is 13.0. The van der Waals surface area contributed by atoms with Crippen LogP contribution in [0.1, 0.15) is 52.9 Å². The van der Waals surface area contributed by atoms with Crippen LogP contribution in [0.25, 0.3) is 0 Å². The summed E-state index contributed by atoms with van der Waals surface area (Å²) >= 11 is 0. The Balaban J connectivity index is 2.51. The average Bonchev–Trinajstić information content (AvgIpc) is 2.45. The lowest BCUT2D eigenvalue weighted by Crippen LogP contribution is -2.54. The van der Waals surface area contributed by atoms with E-state index < -0.39 is 6.04 Å². The van der Waals surface area contributed by atoms with Crippen molar-refractivity contribution in [3.63, 3.8) is 0 Å². The van der Waals surface area contributed by atoms with Crippen molar-refractivity contribution in [2.45, 2.75) is 65.0 Å². The molecule has 0 aliphatic carbocycles. The van der Waals surface area contributed by atoms with Crippen LogP contribution < -0.4 is 11.1 Å². The van der Waals surface area contributed by atoms with Crippen molar-refractivity contribution >= 4 is 11.8 Å². The van der Waals surface area contributed by atoms with Gasteiger partial charge < -0.3 is 16.0 Å². The lowest BCUT2D eigenvalue weighted by atomic mass is 9.97. The number of nitrogens with one attached hydrogen (secondary N) is 1. The first kappa shape index (κ1) is 17.0. The van der Waals surface area contributed by atoms with Gasteiger partial charge >= 0.3 is 0 Å². The third-order valence-electron chi connectivity index (χ3n) is 4.12. The number of likely N-dealkylation sites (tertiary alicyclic amines) is 1. The van der Waals surface area contributed by atoms with Crippen LogP contribution >= 0.6 is 0 Å². The molecule has 1 aliphatic rings. The second-order valence-corrected chi connectivity index (χ2v) is 5.85. The van der Waals surface area contributed by atoms with Crippen LogP contribution in [-0.4, -0.2) is 41.9 Å². The fourth-order valence-corrected chi connectivity index (χ4v) is 2.53. The van der Waals surface area contributed by atoms with Crippen molar-refractivity contribution in [3.05, 3.63) is 0 Å². The molecule has 5 nitrogen and oxygen atoms in total. The van der Waals surface area contributed by atoms with E-state index in [-0.39, 0.29) is 23.8 Å². The molecule has 1 aliphatic heterocycles. The molecular weight excluding hydrogens is 254 g/mol. The van der Waals surface area contributed by atoms with Gasteiger partial charge in [0.05, 0.1) is 6.04 Å². The number of piperidine rings is 1. The van der Waals surface area contributed by atoms with E-state index in [9.17, 15) is 9.59 Å². The summed E-state index contributed by atoms with van der Waals surface area (Å²) in [6.45, 7) is 7.39. The molecule has 0 bridgehead atoms. The van der Waals surface area contributed by atoms with E-state index in [1.807, 2.05) is 25.7 Å². The molecule has 0 spiro atoms. The Labute approximate surface area is 122 Å². The summed E-state index contributed by atoms with van der Waals surface area (Å²) in [5, 5.41) is 3.01. The quantitative estimate of drug-likeness (QED) is 0.770. The number of nitrogens with zero attached hydrogens (tertiary/aromatic N) is 1. The van der Waals surface area contributed by atoms with Crippen molar-refractivity contribution < 1.29 is 9.59 Å². The molecule has 116 valence electrons. The van der Waals surface area contributed by atoms with Crippen molar-refractivity contribution in [2.75, 3.05) is 13.1 Å². The molecular formula is C15H29N3O2. The smallest absolute Gasteiger partial charge is 0.239 e. The fraction of sp³-hybridized carbons (Fsp3) is 0.867. The van der Waals surface area contributed by atoms with Gasteiger partial charge in [0.2, 0.25) is 11.8 Å². The second kappa shape index (κ2) is 8.25. The first-order valence-corrected chi connectivity index (χ1v) is 7.83. The van der Waals surface area contributed by atoms with E-state index in [0.717, 1.165) is 32.2 Å². The summed E-state index contributed by atoms with van der Waals surface area (Å²) in [6.07, 6.45) is 4.17. The highest BCUT2D eigenvalue weighted by Gasteiger charge is 2.29. The minimum absolute atomic E-state index is 0.0220. The molecule has 3 atom stereocenters. The van der Waals surface area contributed by atoms with E-state index in [4.69, 9.17) is 5.73 Å².